The molecule has 0 aliphatic heterocycles. The molecule has 0 saturated heterocycles. The van der Waals surface area contributed by atoms with E-state index in [1.54, 1.807) is 0 Å². The Kier molecular flexibility index (Phi) is 4.28. The molecule has 6 heteroatoms. The van der Waals surface area contributed by atoms with Crippen molar-refractivity contribution in [3.05, 3.63) is 18.2 Å². The molecule has 0 radical (unpaired) electrons. The Bertz CT molecular complexity index is 247. The van der Waals surface area contributed by atoms with E-state index >= 15 is 0 Å². The topological polar surface area (TPSA) is 48.1 Å². The normalized spacial score (nSPS) is 9.25. The molecule has 0 fully saturated rings. The molecular weight excluding hydrogens is 190 g/mol. The molecule has 68 valence electrons. The van der Waals surface area contributed by atoms with E-state index in [9.17, 15) is 8.78 Å². The minimum absolute atomic E-state index is 0. The highest BCUT2D eigenvalue weighted by molar-refractivity contribution is 5.85. The summed E-state index contributed by atoms with van der Waals surface area (Å²) in [6, 6.07) is 4.28. The average Bonchev–Trinajstić information content (AvgIpc) is 1.85. The van der Waals surface area contributed by atoms with Gasteiger partial charge in [0.1, 0.15) is 5.82 Å². The first-order valence-corrected chi connectivity index (χ1v) is 2.86. The molecule has 12 heavy (non-hydrogen) atoms. The lowest BCUT2D eigenvalue weighted by atomic mass is 10.4. The van der Waals surface area contributed by atoms with Gasteiger partial charge in [-0.1, -0.05) is 6.07 Å². The van der Waals surface area contributed by atoms with Crippen molar-refractivity contribution in [2.75, 3.05) is 5.73 Å². The van der Waals surface area contributed by atoms with Crippen LogP contribution in [0.1, 0.15) is 0 Å². The second-order valence-electron chi connectivity index (χ2n) is 1.78. The van der Waals surface area contributed by atoms with Crippen molar-refractivity contribution >= 4 is 18.2 Å². The van der Waals surface area contributed by atoms with Gasteiger partial charge in [-0.05, 0) is 6.07 Å². The summed E-state index contributed by atoms with van der Waals surface area (Å²) in [6.45, 7) is -2.86. The molecule has 0 bridgehead atoms. The molecule has 1 aromatic heterocycles. The molecule has 0 aliphatic carbocycles. The molecule has 1 heterocycles. The number of alkyl halides is 2. The molecule has 0 unspecified atom stereocenters. The minimum atomic E-state index is -2.86. The van der Waals surface area contributed by atoms with Crippen LogP contribution in [-0.2, 0) is 0 Å². The largest absolute Gasteiger partial charge is 0.417 e. The third-order valence-electron chi connectivity index (χ3n) is 0.955. The van der Waals surface area contributed by atoms with E-state index in [1.165, 1.54) is 18.2 Å². The number of hydrogen-bond donors (Lipinski definition) is 1. The molecular formula is C6H7ClF2N2O. The lowest BCUT2D eigenvalue weighted by Gasteiger charge is -2.02. The molecule has 2 N–H and O–H groups in total. The summed E-state index contributed by atoms with van der Waals surface area (Å²) < 4.78 is 27.1. The summed E-state index contributed by atoms with van der Waals surface area (Å²) in [4.78, 5) is 3.49. The Morgan fingerprint density at radius 1 is 1.42 bits per heavy atom. The maximum Gasteiger partial charge on any atom is 0.388 e. The van der Waals surface area contributed by atoms with Crippen LogP contribution in [-0.4, -0.2) is 11.6 Å². The van der Waals surface area contributed by atoms with Crippen LogP contribution in [0.3, 0.4) is 0 Å². The SMILES string of the molecule is Cl.Nc1cccc(OC(F)F)n1. The molecule has 1 aromatic rings. The maximum atomic E-state index is 11.5. The Labute approximate surface area is 74.0 Å². The first-order valence-electron chi connectivity index (χ1n) is 2.86. The van der Waals surface area contributed by atoms with Crippen molar-refractivity contribution in [2.24, 2.45) is 0 Å². The van der Waals surface area contributed by atoms with Crippen LogP contribution in [0.2, 0.25) is 0 Å². The van der Waals surface area contributed by atoms with Crippen LogP contribution in [0, 0.1) is 0 Å². The smallest absolute Gasteiger partial charge is 0.388 e. The number of nitrogens with zero attached hydrogens (tertiary/aromatic N) is 1. The van der Waals surface area contributed by atoms with E-state index < -0.39 is 6.61 Å². The van der Waals surface area contributed by atoms with E-state index in [2.05, 4.69) is 9.72 Å². The van der Waals surface area contributed by atoms with Crippen molar-refractivity contribution < 1.29 is 13.5 Å². The number of hydrogen-bond acceptors (Lipinski definition) is 3. The number of nitrogens with two attached hydrogens (primary N) is 1. The number of anilines is 1. The summed E-state index contributed by atoms with van der Waals surface area (Å²) in [5.74, 6) is -0.0110. The van der Waals surface area contributed by atoms with Crippen molar-refractivity contribution in [2.45, 2.75) is 6.61 Å². The Hall–Kier alpha value is -1.10. The standard InChI is InChI=1S/C6H6F2N2O.ClH/c7-6(8)11-5-3-1-2-4(9)10-5;/h1-3,6H,(H2,9,10);1H. The van der Waals surface area contributed by atoms with Crippen molar-refractivity contribution in [1.29, 1.82) is 0 Å². The third-order valence-corrected chi connectivity index (χ3v) is 0.955. The lowest BCUT2D eigenvalue weighted by molar-refractivity contribution is -0.0527. The monoisotopic (exact) mass is 196 g/mol. The van der Waals surface area contributed by atoms with Gasteiger partial charge in [0.25, 0.3) is 0 Å². The number of pyridine rings is 1. The van der Waals surface area contributed by atoms with Gasteiger partial charge in [-0.2, -0.15) is 13.8 Å². The van der Waals surface area contributed by atoms with Crippen LogP contribution >= 0.6 is 12.4 Å². The highest BCUT2D eigenvalue weighted by atomic mass is 35.5. The number of ether oxygens (including phenoxy) is 1. The molecule has 1 rings (SSSR count). The Morgan fingerprint density at radius 3 is 2.58 bits per heavy atom. The van der Waals surface area contributed by atoms with Crippen molar-refractivity contribution in [3.8, 4) is 5.88 Å². The second kappa shape index (κ2) is 4.71. The van der Waals surface area contributed by atoms with Gasteiger partial charge >= 0.3 is 6.61 Å². The van der Waals surface area contributed by atoms with Gasteiger partial charge in [-0.25, -0.2) is 0 Å². The van der Waals surface area contributed by atoms with Gasteiger partial charge in [-0.15, -0.1) is 12.4 Å². The predicted molar refractivity (Wildman–Crippen MR) is 42.5 cm³/mol. The van der Waals surface area contributed by atoms with E-state index in [1.807, 2.05) is 0 Å². The zero-order chi connectivity index (χ0) is 8.27. The molecule has 0 saturated carbocycles. The maximum absolute atomic E-state index is 11.5. The van der Waals surface area contributed by atoms with Crippen LogP contribution in [0.15, 0.2) is 18.2 Å². The van der Waals surface area contributed by atoms with E-state index in [0.29, 0.717) is 0 Å². The fraction of sp³-hybridized carbons (Fsp3) is 0.167. The summed E-state index contributed by atoms with van der Waals surface area (Å²) in [7, 11) is 0. The molecule has 3 nitrogen and oxygen atoms in total. The van der Waals surface area contributed by atoms with Gasteiger partial charge < -0.3 is 10.5 Å². The Balaban J connectivity index is 0.00000121. The second-order valence-corrected chi connectivity index (χ2v) is 1.78. The zero-order valence-electron chi connectivity index (χ0n) is 5.91. The fourth-order valence-corrected chi connectivity index (χ4v) is 0.588. The number of aromatic nitrogens is 1. The molecule has 0 aromatic carbocycles. The summed E-state index contributed by atoms with van der Waals surface area (Å²) in [5.41, 5.74) is 5.20. The minimum Gasteiger partial charge on any atom is -0.417 e. The van der Waals surface area contributed by atoms with Crippen LogP contribution in [0.4, 0.5) is 14.6 Å². The van der Waals surface area contributed by atoms with Gasteiger partial charge in [0.05, 0.1) is 0 Å². The van der Waals surface area contributed by atoms with Crippen LogP contribution < -0.4 is 10.5 Å². The van der Waals surface area contributed by atoms with Gasteiger partial charge in [0.15, 0.2) is 0 Å². The van der Waals surface area contributed by atoms with E-state index in [4.69, 9.17) is 5.73 Å². The van der Waals surface area contributed by atoms with Gasteiger partial charge in [0.2, 0.25) is 5.88 Å². The van der Waals surface area contributed by atoms with E-state index in [0.717, 1.165) is 0 Å². The van der Waals surface area contributed by atoms with Crippen molar-refractivity contribution in [3.63, 3.8) is 0 Å². The highest BCUT2D eigenvalue weighted by Crippen LogP contribution is 2.11. The van der Waals surface area contributed by atoms with Crippen LogP contribution in [0.5, 0.6) is 5.88 Å². The molecule has 0 spiro atoms. The number of halogens is 3. The number of rotatable bonds is 2. The summed E-state index contributed by atoms with van der Waals surface area (Å²) in [6.07, 6.45) is 0. The fourth-order valence-electron chi connectivity index (χ4n) is 0.588. The zero-order valence-corrected chi connectivity index (χ0v) is 6.72. The first-order chi connectivity index (χ1) is 5.18. The first kappa shape index (κ1) is 10.9. The quantitative estimate of drug-likeness (QED) is 0.783. The Morgan fingerprint density at radius 2 is 2.08 bits per heavy atom. The van der Waals surface area contributed by atoms with Gasteiger partial charge in [-0.3, -0.25) is 0 Å². The third kappa shape index (κ3) is 3.34. The highest BCUT2D eigenvalue weighted by Gasteiger charge is 2.04. The molecule has 0 amide bonds. The van der Waals surface area contributed by atoms with Gasteiger partial charge in [0, 0.05) is 6.07 Å². The van der Waals surface area contributed by atoms with E-state index in [-0.39, 0.29) is 24.1 Å². The predicted octanol–water partition coefficient (Wildman–Crippen LogP) is 1.69. The molecule has 0 aliphatic rings. The molecule has 0 atom stereocenters. The lowest BCUT2D eigenvalue weighted by Crippen LogP contribution is -2.04. The summed E-state index contributed by atoms with van der Waals surface area (Å²) in [5, 5.41) is 0. The number of nitrogen functional groups attached to an aromatic ring is 1. The van der Waals surface area contributed by atoms with Crippen LogP contribution in [0.25, 0.3) is 0 Å². The average molecular weight is 197 g/mol. The summed E-state index contributed by atoms with van der Waals surface area (Å²) >= 11 is 0. The van der Waals surface area contributed by atoms with Crippen molar-refractivity contribution in [1.82, 2.24) is 4.98 Å².